The summed E-state index contributed by atoms with van der Waals surface area (Å²) >= 11 is 0. The van der Waals surface area contributed by atoms with E-state index in [0.29, 0.717) is 0 Å². The third-order valence-corrected chi connectivity index (χ3v) is 5.51. The fourth-order valence-corrected chi connectivity index (χ4v) is 4.28. The highest BCUT2D eigenvalue weighted by molar-refractivity contribution is 7.89. The summed E-state index contributed by atoms with van der Waals surface area (Å²) in [6.07, 6.45) is -2.27. The average molecular weight is 304 g/mol. The van der Waals surface area contributed by atoms with Gasteiger partial charge in [-0.2, -0.15) is 4.31 Å². The molecule has 0 unspecified atom stereocenters. The Balaban J connectivity index is 2.48. The van der Waals surface area contributed by atoms with E-state index in [4.69, 9.17) is 5.11 Å². The number of aliphatic hydroxyl groups excluding tert-OH is 2. The molecular weight excluding hydrogens is 288 g/mol. The number of aryl methyl sites for hydroxylation is 1. The second-order valence-corrected chi connectivity index (χ2v) is 6.72. The minimum atomic E-state index is -3.96. The Morgan fingerprint density at radius 2 is 1.75 bits per heavy atom. The van der Waals surface area contributed by atoms with E-state index in [9.17, 15) is 23.4 Å². The minimum Gasteiger partial charge on any atom is -0.477 e. The smallest absolute Gasteiger partial charge is 0.352 e. The summed E-state index contributed by atoms with van der Waals surface area (Å²) in [4.78, 5) is 13.4. The lowest BCUT2D eigenvalue weighted by Gasteiger charge is -2.16. The summed E-state index contributed by atoms with van der Waals surface area (Å²) in [6, 6.07) is 0. The summed E-state index contributed by atoms with van der Waals surface area (Å²) in [6.45, 7) is 2.45. The van der Waals surface area contributed by atoms with Crippen molar-refractivity contribution in [2.45, 2.75) is 31.0 Å². The Morgan fingerprint density at radius 1 is 1.25 bits per heavy atom. The zero-order chi connectivity index (χ0) is 15.2. The van der Waals surface area contributed by atoms with Gasteiger partial charge in [-0.15, -0.1) is 0 Å². The number of aromatic nitrogens is 1. The van der Waals surface area contributed by atoms with E-state index in [-0.39, 0.29) is 34.9 Å². The van der Waals surface area contributed by atoms with Crippen LogP contribution in [0.3, 0.4) is 0 Å². The number of carboxylic acids is 1. The molecule has 1 aromatic rings. The molecule has 0 bridgehead atoms. The molecular formula is C11H16N2O6S. The predicted octanol–water partition coefficient (Wildman–Crippen LogP) is -0.944. The van der Waals surface area contributed by atoms with Gasteiger partial charge in [-0.05, 0) is 13.8 Å². The number of sulfonamides is 1. The van der Waals surface area contributed by atoms with Gasteiger partial charge in [0.15, 0.2) is 0 Å². The highest BCUT2D eigenvalue weighted by Gasteiger charge is 2.40. The minimum absolute atomic E-state index is 0.115. The van der Waals surface area contributed by atoms with Gasteiger partial charge in [0.1, 0.15) is 10.6 Å². The first-order valence-corrected chi connectivity index (χ1v) is 7.39. The highest BCUT2D eigenvalue weighted by Crippen LogP contribution is 2.28. The molecule has 1 aliphatic rings. The molecule has 1 aliphatic heterocycles. The van der Waals surface area contributed by atoms with E-state index in [2.05, 4.69) is 4.98 Å². The summed E-state index contributed by atoms with van der Waals surface area (Å²) < 4.78 is 25.9. The van der Waals surface area contributed by atoms with Crippen molar-refractivity contribution in [2.75, 3.05) is 13.1 Å². The lowest BCUT2D eigenvalue weighted by Crippen LogP contribution is -2.30. The maximum Gasteiger partial charge on any atom is 0.352 e. The Hall–Kier alpha value is -1.42. The van der Waals surface area contributed by atoms with Crippen molar-refractivity contribution in [1.29, 1.82) is 0 Å². The standard InChI is InChI=1S/C11H16N2O6S/c1-5-9(11(16)17)12-6(2)10(5)20(18,19)13-3-7(14)8(15)4-13/h7-8,12,14-15H,3-4H2,1-2H3,(H,16,17)/t7-,8+. The Labute approximate surface area is 115 Å². The van der Waals surface area contributed by atoms with Crippen molar-refractivity contribution in [3.8, 4) is 0 Å². The van der Waals surface area contributed by atoms with E-state index in [1.165, 1.54) is 13.8 Å². The van der Waals surface area contributed by atoms with Gasteiger partial charge in [-0.3, -0.25) is 0 Å². The maximum absolute atomic E-state index is 12.5. The number of β-amino-alcohol motifs (C(OH)–C–C–N with tert-alkyl or cyclic N) is 2. The van der Waals surface area contributed by atoms with Gasteiger partial charge in [0.2, 0.25) is 10.0 Å². The SMILES string of the molecule is Cc1[nH]c(C(=O)O)c(C)c1S(=O)(=O)N1C[C@@H](O)[C@@H](O)C1. The van der Waals surface area contributed by atoms with Crippen LogP contribution < -0.4 is 0 Å². The molecule has 2 rings (SSSR count). The molecule has 0 spiro atoms. The quantitative estimate of drug-likeness (QED) is 0.570. The molecule has 112 valence electrons. The molecule has 0 amide bonds. The van der Waals surface area contributed by atoms with Gasteiger partial charge in [0.05, 0.1) is 12.2 Å². The lowest BCUT2D eigenvalue weighted by atomic mass is 10.2. The normalized spacial score (nSPS) is 24.2. The molecule has 0 aliphatic carbocycles. The predicted molar refractivity (Wildman–Crippen MR) is 68.0 cm³/mol. The molecule has 2 heterocycles. The van der Waals surface area contributed by atoms with Gasteiger partial charge in [-0.25, -0.2) is 13.2 Å². The van der Waals surface area contributed by atoms with E-state index >= 15 is 0 Å². The molecule has 1 fully saturated rings. The molecule has 9 heteroatoms. The van der Waals surface area contributed by atoms with Crippen LogP contribution in [0.2, 0.25) is 0 Å². The van der Waals surface area contributed by atoms with Crippen LogP contribution >= 0.6 is 0 Å². The van der Waals surface area contributed by atoms with Crippen LogP contribution in [0.1, 0.15) is 21.7 Å². The fraction of sp³-hybridized carbons (Fsp3) is 0.545. The van der Waals surface area contributed by atoms with Crippen LogP contribution in [0.5, 0.6) is 0 Å². The van der Waals surface area contributed by atoms with Crippen LogP contribution in [-0.2, 0) is 10.0 Å². The number of rotatable bonds is 3. The first-order chi connectivity index (χ1) is 9.16. The molecule has 8 nitrogen and oxygen atoms in total. The Morgan fingerprint density at radius 3 is 2.15 bits per heavy atom. The zero-order valence-corrected chi connectivity index (χ0v) is 11.8. The molecule has 1 saturated heterocycles. The molecule has 0 aromatic carbocycles. The first-order valence-electron chi connectivity index (χ1n) is 5.95. The van der Waals surface area contributed by atoms with Crippen molar-refractivity contribution in [1.82, 2.24) is 9.29 Å². The zero-order valence-electron chi connectivity index (χ0n) is 11.0. The number of hydrogen-bond donors (Lipinski definition) is 4. The van der Waals surface area contributed by atoms with Gasteiger partial charge >= 0.3 is 5.97 Å². The number of H-pyrrole nitrogens is 1. The number of aromatic carboxylic acids is 1. The van der Waals surface area contributed by atoms with Gasteiger partial charge in [0.25, 0.3) is 0 Å². The van der Waals surface area contributed by atoms with Crippen molar-refractivity contribution in [3.05, 3.63) is 17.0 Å². The first kappa shape index (κ1) is 15.0. The average Bonchev–Trinajstić information content (AvgIpc) is 2.81. The number of hydrogen-bond acceptors (Lipinski definition) is 5. The van der Waals surface area contributed by atoms with Crippen LogP contribution in [0, 0.1) is 13.8 Å². The van der Waals surface area contributed by atoms with Gasteiger partial charge in [-0.1, -0.05) is 0 Å². The van der Waals surface area contributed by atoms with E-state index < -0.39 is 28.2 Å². The molecule has 0 saturated carbocycles. The van der Waals surface area contributed by atoms with Crippen LogP contribution in [-0.4, -0.2) is 64.3 Å². The molecule has 0 radical (unpaired) electrons. The number of nitrogens with one attached hydrogen (secondary N) is 1. The highest BCUT2D eigenvalue weighted by atomic mass is 32.2. The number of nitrogens with zero attached hydrogens (tertiary/aromatic N) is 1. The Bertz CT molecular complexity index is 640. The molecule has 20 heavy (non-hydrogen) atoms. The topological polar surface area (TPSA) is 131 Å². The lowest BCUT2D eigenvalue weighted by molar-refractivity contribution is 0.0572. The van der Waals surface area contributed by atoms with Crippen molar-refractivity contribution in [3.63, 3.8) is 0 Å². The van der Waals surface area contributed by atoms with Crippen LogP contribution in [0.15, 0.2) is 4.90 Å². The molecule has 2 atom stereocenters. The van der Waals surface area contributed by atoms with Crippen molar-refractivity contribution >= 4 is 16.0 Å². The number of carboxylic acid groups (broad SMARTS) is 1. The van der Waals surface area contributed by atoms with E-state index in [0.717, 1.165) is 4.31 Å². The fourth-order valence-electron chi connectivity index (χ4n) is 2.39. The molecule has 4 N–H and O–H groups in total. The summed E-state index contributed by atoms with van der Waals surface area (Å²) in [7, 11) is -3.96. The van der Waals surface area contributed by atoms with Crippen molar-refractivity contribution in [2.24, 2.45) is 0 Å². The van der Waals surface area contributed by atoms with Crippen LogP contribution in [0.4, 0.5) is 0 Å². The monoisotopic (exact) mass is 304 g/mol. The number of aliphatic hydroxyl groups is 2. The Kier molecular flexibility index (Phi) is 3.63. The second-order valence-electron chi connectivity index (χ2n) is 4.84. The third-order valence-electron chi connectivity index (χ3n) is 3.41. The van der Waals surface area contributed by atoms with E-state index in [1.807, 2.05) is 0 Å². The van der Waals surface area contributed by atoms with Gasteiger partial charge in [0, 0.05) is 24.3 Å². The van der Waals surface area contributed by atoms with Gasteiger partial charge < -0.3 is 20.3 Å². The molecule has 1 aromatic heterocycles. The van der Waals surface area contributed by atoms with Crippen molar-refractivity contribution < 1.29 is 28.5 Å². The maximum atomic E-state index is 12.5. The van der Waals surface area contributed by atoms with Crippen LogP contribution in [0.25, 0.3) is 0 Å². The third kappa shape index (κ3) is 2.22. The second kappa shape index (κ2) is 4.85. The number of carbonyl (C=O) groups is 1. The summed E-state index contributed by atoms with van der Waals surface area (Å²) in [5.74, 6) is -1.24. The summed E-state index contributed by atoms with van der Waals surface area (Å²) in [5.41, 5.74) is 0.156. The van der Waals surface area contributed by atoms with E-state index in [1.54, 1.807) is 0 Å². The largest absolute Gasteiger partial charge is 0.477 e. The number of aromatic amines is 1. The summed E-state index contributed by atoms with van der Waals surface area (Å²) in [5, 5.41) is 27.9.